The van der Waals surface area contributed by atoms with Crippen LogP contribution in [0.1, 0.15) is 51.4 Å². The number of carbonyl (C=O) groups is 2. The first-order chi connectivity index (χ1) is 15.0. The molecular weight excluding hydrogens is 393 g/mol. The highest BCUT2D eigenvalue weighted by atomic mass is 19.1. The highest BCUT2D eigenvalue weighted by Crippen LogP contribution is 2.24. The molecule has 0 spiro atoms. The van der Waals surface area contributed by atoms with Gasteiger partial charge in [-0.25, -0.2) is 4.39 Å². The van der Waals surface area contributed by atoms with Crippen LogP contribution in [-0.2, 0) is 0 Å². The summed E-state index contributed by atoms with van der Waals surface area (Å²) in [6.07, 6.45) is 3.16. The molecule has 2 aromatic carbocycles. The van der Waals surface area contributed by atoms with Crippen LogP contribution in [0.25, 0.3) is 5.69 Å². The van der Waals surface area contributed by atoms with Crippen LogP contribution in [-0.4, -0.2) is 34.4 Å². The third-order valence-corrected chi connectivity index (χ3v) is 5.81. The number of halogens is 1. The number of nitrogens with one attached hydrogen (secondary N) is 1. The number of rotatable bonds is 4. The number of piperidine rings is 1. The van der Waals surface area contributed by atoms with Gasteiger partial charge in [0.1, 0.15) is 5.82 Å². The van der Waals surface area contributed by atoms with Gasteiger partial charge < -0.3 is 14.8 Å². The quantitative estimate of drug-likeness (QED) is 0.639. The maximum Gasteiger partial charge on any atom is 0.257 e. The van der Waals surface area contributed by atoms with Gasteiger partial charge in [-0.1, -0.05) is 12.1 Å². The van der Waals surface area contributed by atoms with Crippen LogP contribution in [0.5, 0.6) is 0 Å². The van der Waals surface area contributed by atoms with Gasteiger partial charge >= 0.3 is 0 Å². The van der Waals surface area contributed by atoms with Crippen LogP contribution >= 0.6 is 0 Å². The van der Waals surface area contributed by atoms with Crippen LogP contribution in [0.2, 0.25) is 0 Å². The maximum absolute atomic E-state index is 13.3. The molecule has 6 heteroatoms. The minimum absolute atomic E-state index is 0.0487. The van der Waals surface area contributed by atoms with Crippen molar-refractivity contribution in [1.82, 2.24) is 9.47 Å². The number of amides is 2. The van der Waals surface area contributed by atoms with Gasteiger partial charge in [-0.15, -0.1) is 0 Å². The number of carbonyl (C=O) groups excluding carboxylic acids is 2. The van der Waals surface area contributed by atoms with E-state index in [0.717, 1.165) is 49.4 Å². The minimum atomic E-state index is -0.306. The van der Waals surface area contributed by atoms with Crippen LogP contribution < -0.4 is 5.32 Å². The lowest BCUT2D eigenvalue weighted by atomic mass is 10.1. The fourth-order valence-corrected chi connectivity index (χ4v) is 4.22. The molecule has 1 N–H and O–H groups in total. The lowest BCUT2D eigenvalue weighted by Gasteiger charge is -2.27. The average molecular weight is 420 g/mol. The minimum Gasteiger partial charge on any atom is -0.339 e. The van der Waals surface area contributed by atoms with Gasteiger partial charge in [-0.3, -0.25) is 9.59 Å². The molecule has 1 saturated heterocycles. The predicted molar refractivity (Wildman–Crippen MR) is 119 cm³/mol. The van der Waals surface area contributed by atoms with Gasteiger partial charge in [-0.05, 0) is 75.6 Å². The number of hydrogen-bond acceptors (Lipinski definition) is 2. The zero-order chi connectivity index (χ0) is 22.0. The van der Waals surface area contributed by atoms with Crippen molar-refractivity contribution < 1.29 is 14.0 Å². The van der Waals surface area contributed by atoms with Crippen molar-refractivity contribution in [2.45, 2.75) is 33.1 Å². The lowest BCUT2D eigenvalue weighted by molar-refractivity contribution is 0.0725. The van der Waals surface area contributed by atoms with Crippen LogP contribution in [0.15, 0.2) is 54.6 Å². The Morgan fingerprint density at radius 2 is 1.58 bits per heavy atom. The zero-order valence-corrected chi connectivity index (χ0v) is 17.8. The Labute approximate surface area is 181 Å². The van der Waals surface area contributed by atoms with E-state index in [1.165, 1.54) is 12.1 Å². The molecule has 2 heterocycles. The Balaban J connectivity index is 1.60. The Bertz CT molecular complexity index is 1110. The summed E-state index contributed by atoms with van der Waals surface area (Å²) in [5.74, 6) is -0.633. The molecule has 0 atom stereocenters. The molecule has 0 saturated carbocycles. The first kappa shape index (κ1) is 20.8. The van der Waals surface area contributed by atoms with E-state index in [2.05, 4.69) is 5.32 Å². The maximum atomic E-state index is 13.3. The molecule has 0 unspecified atom stereocenters. The number of likely N-dealkylation sites (tertiary alicyclic amines) is 1. The van der Waals surface area contributed by atoms with Gasteiger partial charge in [-0.2, -0.15) is 0 Å². The summed E-state index contributed by atoms with van der Waals surface area (Å²) in [5.41, 5.74) is 3.94. The van der Waals surface area contributed by atoms with E-state index < -0.39 is 0 Å². The molecule has 0 aliphatic carbocycles. The Morgan fingerprint density at radius 1 is 0.903 bits per heavy atom. The van der Waals surface area contributed by atoms with Crippen LogP contribution in [0.3, 0.4) is 0 Å². The van der Waals surface area contributed by atoms with E-state index in [9.17, 15) is 14.0 Å². The van der Waals surface area contributed by atoms with Gasteiger partial charge in [0.05, 0.1) is 16.8 Å². The first-order valence-electron chi connectivity index (χ1n) is 10.6. The van der Waals surface area contributed by atoms with Gasteiger partial charge in [0, 0.05) is 30.2 Å². The molecule has 3 aromatic rings. The number of benzene rings is 2. The van der Waals surface area contributed by atoms with Gasteiger partial charge in [0.25, 0.3) is 11.8 Å². The summed E-state index contributed by atoms with van der Waals surface area (Å²) in [6, 6.07) is 15.1. The number of anilines is 1. The number of aromatic nitrogens is 1. The summed E-state index contributed by atoms with van der Waals surface area (Å²) >= 11 is 0. The highest BCUT2D eigenvalue weighted by Gasteiger charge is 2.23. The molecule has 1 fully saturated rings. The van der Waals surface area contributed by atoms with E-state index in [1.807, 2.05) is 41.5 Å². The Morgan fingerprint density at radius 3 is 2.29 bits per heavy atom. The van der Waals surface area contributed by atoms with Crippen LogP contribution in [0.4, 0.5) is 10.1 Å². The van der Waals surface area contributed by atoms with E-state index in [0.29, 0.717) is 16.8 Å². The van der Waals surface area contributed by atoms with Crippen molar-refractivity contribution in [3.8, 4) is 5.69 Å². The molecule has 2 amide bonds. The van der Waals surface area contributed by atoms with Gasteiger partial charge in [0.2, 0.25) is 0 Å². The molecule has 0 bridgehead atoms. The molecule has 31 heavy (non-hydrogen) atoms. The molecule has 160 valence electrons. The first-order valence-corrected chi connectivity index (χ1v) is 10.6. The third-order valence-electron chi connectivity index (χ3n) is 5.81. The summed E-state index contributed by atoms with van der Waals surface area (Å²) in [4.78, 5) is 28.0. The summed E-state index contributed by atoms with van der Waals surface area (Å²) in [7, 11) is 0. The van der Waals surface area contributed by atoms with Crippen molar-refractivity contribution in [3.63, 3.8) is 0 Å². The van der Waals surface area contributed by atoms with Crippen molar-refractivity contribution in [2.75, 3.05) is 18.4 Å². The lowest BCUT2D eigenvalue weighted by Crippen LogP contribution is -2.36. The van der Waals surface area contributed by atoms with Gasteiger partial charge in [0.15, 0.2) is 0 Å². The number of hydrogen-bond donors (Lipinski definition) is 1. The Kier molecular flexibility index (Phi) is 5.89. The molecular formula is C25H26FN3O2. The van der Waals surface area contributed by atoms with E-state index in [-0.39, 0.29) is 17.6 Å². The van der Waals surface area contributed by atoms with Crippen molar-refractivity contribution in [2.24, 2.45) is 0 Å². The van der Waals surface area contributed by atoms with Crippen LogP contribution in [0, 0.1) is 19.7 Å². The summed E-state index contributed by atoms with van der Waals surface area (Å²) in [5, 5.41) is 2.93. The predicted octanol–water partition coefficient (Wildman–Crippen LogP) is 5.11. The summed E-state index contributed by atoms with van der Waals surface area (Å²) in [6.45, 7) is 5.26. The van der Waals surface area contributed by atoms with Crippen molar-refractivity contribution in [3.05, 3.63) is 82.9 Å². The highest BCUT2D eigenvalue weighted by molar-refractivity contribution is 6.09. The fourth-order valence-electron chi connectivity index (χ4n) is 4.22. The molecule has 1 aliphatic heterocycles. The fraction of sp³-hybridized carbons (Fsp3) is 0.280. The second kappa shape index (κ2) is 8.76. The summed E-state index contributed by atoms with van der Waals surface area (Å²) < 4.78 is 15.2. The number of nitrogens with zero attached hydrogens (tertiary/aromatic N) is 2. The van der Waals surface area contributed by atoms with E-state index in [4.69, 9.17) is 0 Å². The largest absolute Gasteiger partial charge is 0.339 e. The molecule has 1 aliphatic rings. The molecule has 1 aromatic heterocycles. The normalized spacial score (nSPS) is 13.8. The second-order valence-electron chi connectivity index (χ2n) is 7.95. The third kappa shape index (κ3) is 4.24. The topological polar surface area (TPSA) is 54.3 Å². The standard InChI is InChI=1S/C25H26FN3O2/c1-17-16-22(18(2)29(17)20-12-10-19(26)11-13-20)24(30)27-23-9-5-4-8-21(23)25(31)28-14-6-3-7-15-28/h4-5,8-13,16H,3,6-7,14-15H2,1-2H3,(H,27,30). The number of para-hydroxylation sites is 1. The average Bonchev–Trinajstić information content (AvgIpc) is 3.09. The number of aryl methyl sites for hydroxylation is 1. The SMILES string of the molecule is Cc1cc(C(=O)Nc2ccccc2C(=O)N2CCCCC2)c(C)n1-c1ccc(F)cc1. The second-order valence-corrected chi connectivity index (χ2v) is 7.95. The zero-order valence-electron chi connectivity index (χ0n) is 17.8. The van der Waals surface area contributed by atoms with E-state index >= 15 is 0 Å². The molecule has 5 nitrogen and oxygen atoms in total. The Hall–Kier alpha value is -3.41. The van der Waals surface area contributed by atoms with E-state index in [1.54, 1.807) is 24.3 Å². The molecule has 0 radical (unpaired) electrons. The smallest absolute Gasteiger partial charge is 0.257 e. The molecule has 4 rings (SSSR count). The van der Waals surface area contributed by atoms with Crippen molar-refractivity contribution >= 4 is 17.5 Å². The van der Waals surface area contributed by atoms with Crippen molar-refractivity contribution in [1.29, 1.82) is 0 Å². The monoisotopic (exact) mass is 419 g/mol.